The molecule has 106 valence electrons. The summed E-state index contributed by atoms with van der Waals surface area (Å²) >= 11 is 9.63. The van der Waals surface area contributed by atoms with Crippen molar-refractivity contribution in [1.82, 2.24) is 0 Å². The fraction of sp³-hybridized carbons (Fsp3) is 0.625. The van der Waals surface area contributed by atoms with E-state index < -0.39 is 0 Å². The highest BCUT2D eigenvalue weighted by molar-refractivity contribution is 9.10. The molecule has 0 bridgehead atoms. The molecular weight excluding hydrogens is 324 g/mol. The summed E-state index contributed by atoms with van der Waals surface area (Å²) in [5.41, 5.74) is 1.37. The maximum Gasteiger partial charge on any atom is 0.0576 e. The van der Waals surface area contributed by atoms with E-state index in [4.69, 9.17) is 16.3 Å². The van der Waals surface area contributed by atoms with E-state index in [1.54, 1.807) is 0 Å². The van der Waals surface area contributed by atoms with Crippen LogP contribution in [-0.2, 0) is 11.2 Å². The van der Waals surface area contributed by atoms with Gasteiger partial charge in [0.25, 0.3) is 0 Å². The Morgan fingerprint density at radius 1 is 1.42 bits per heavy atom. The highest BCUT2D eigenvalue weighted by atomic mass is 79.9. The SMILES string of the molecule is ClCC(CCCC1CCCO1)Cc1cccc(Br)c1. The highest BCUT2D eigenvalue weighted by Gasteiger charge is 2.16. The fourth-order valence-corrected chi connectivity index (χ4v) is 3.45. The Labute approximate surface area is 129 Å². The topological polar surface area (TPSA) is 9.23 Å². The average molecular weight is 346 g/mol. The van der Waals surface area contributed by atoms with Crippen molar-refractivity contribution in [2.45, 2.75) is 44.6 Å². The van der Waals surface area contributed by atoms with E-state index in [1.807, 2.05) is 0 Å². The third-order valence-electron chi connectivity index (χ3n) is 3.79. The Morgan fingerprint density at radius 2 is 2.32 bits per heavy atom. The van der Waals surface area contributed by atoms with Gasteiger partial charge in [-0.1, -0.05) is 34.5 Å². The fourth-order valence-electron chi connectivity index (χ4n) is 2.74. The number of hydrogen-bond donors (Lipinski definition) is 0. The summed E-state index contributed by atoms with van der Waals surface area (Å²) in [6, 6.07) is 8.54. The Balaban J connectivity index is 1.73. The van der Waals surface area contributed by atoms with Crippen LogP contribution in [0, 0.1) is 5.92 Å². The summed E-state index contributed by atoms with van der Waals surface area (Å²) in [5.74, 6) is 1.33. The number of hydrogen-bond acceptors (Lipinski definition) is 1. The van der Waals surface area contributed by atoms with Gasteiger partial charge in [0.15, 0.2) is 0 Å². The van der Waals surface area contributed by atoms with Crippen LogP contribution < -0.4 is 0 Å². The van der Waals surface area contributed by atoms with Crippen LogP contribution in [0.25, 0.3) is 0 Å². The lowest BCUT2D eigenvalue weighted by atomic mass is 9.94. The Morgan fingerprint density at radius 3 is 3.00 bits per heavy atom. The quantitative estimate of drug-likeness (QED) is 0.617. The summed E-state index contributed by atoms with van der Waals surface area (Å²) < 4.78 is 6.81. The molecule has 1 aliphatic rings. The minimum Gasteiger partial charge on any atom is -0.378 e. The van der Waals surface area contributed by atoms with Crippen molar-refractivity contribution < 1.29 is 4.74 Å². The molecule has 0 aromatic heterocycles. The van der Waals surface area contributed by atoms with E-state index in [0.29, 0.717) is 12.0 Å². The second kappa shape index (κ2) is 8.28. The molecule has 0 radical (unpaired) electrons. The van der Waals surface area contributed by atoms with Crippen molar-refractivity contribution in [3.63, 3.8) is 0 Å². The van der Waals surface area contributed by atoms with Gasteiger partial charge in [0, 0.05) is 17.0 Å². The number of halogens is 2. The van der Waals surface area contributed by atoms with E-state index >= 15 is 0 Å². The van der Waals surface area contributed by atoms with Crippen molar-refractivity contribution >= 4 is 27.5 Å². The predicted molar refractivity (Wildman–Crippen MR) is 84.9 cm³/mol. The Kier molecular flexibility index (Phi) is 6.69. The van der Waals surface area contributed by atoms with Gasteiger partial charge in [-0.3, -0.25) is 0 Å². The van der Waals surface area contributed by atoms with Crippen LogP contribution in [0.5, 0.6) is 0 Å². The number of rotatable bonds is 7. The molecular formula is C16H22BrClO. The number of benzene rings is 1. The van der Waals surface area contributed by atoms with Crippen molar-refractivity contribution in [1.29, 1.82) is 0 Å². The third kappa shape index (κ3) is 5.45. The van der Waals surface area contributed by atoms with Crippen molar-refractivity contribution in [2.75, 3.05) is 12.5 Å². The molecule has 0 spiro atoms. The third-order valence-corrected chi connectivity index (χ3v) is 4.72. The van der Waals surface area contributed by atoms with Crippen molar-refractivity contribution in [2.24, 2.45) is 5.92 Å². The zero-order valence-corrected chi connectivity index (χ0v) is 13.6. The van der Waals surface area contributed by atoms with Gasteiger partial charge in [-0.05, 0) is 55.7 Å². The first-order valence-corrected chi connectivity index (χ1v) is 8.52. The molecule has 1 aromatic rings. The molecule has 1 nitrogen and oxygen atoms in total. The molecule has 1 fully saturated rings. The van der Waals surface area contributed by atoms with E-state index in [9.17, 15) is 0 Å². The van der Waals surface area contributed by atoms with E-state index in [-0.39, 0.29) is 0 Å². The van der Waals surface area contributed by atoms with Crippen LogP contribution in [0.3, 0.4) is 0 Å². The molecule has 1 heterocycles. The van der Waals surface area contributed by atoms with Gasteiger partial charge in [-0.2, -0.15) is 0 Å². The smallest absolute Gasteiger partial charge is 0.0576 e. The monoisotopic (exact) mass is 344 g/mol. The first-order valence-electron chi connectivity index (χ1n) is 7.20. The molecule has 0 aliphatic carbocycles. The lowest BCUT2D eigenvalue weighted by Crippen LogP contribution is -2.10. The largest absolute Gasteiger partial charge is 0.378 e. The van der Waals surface area contributed by atoms with E-state index in [0.717, 1.165) is 23.4 Å². The Hall–Kier alpha value is -0.0500. The molecule has 1 aliphatic heterocycles. The molecule has 0 saturated carbocycles. The van der Waals surface area contributed by atoms with Crippen molar-refractivity contribution in [3.8, 4) is 0 Å². The summed E-state index contributed by atoms with van der Waals surface area (Å²) in [7, 11) is 0. The molecule has 1 saturated heterocycles. The Bertz CT molecular complexity index is 377. The first kappa shape index (κ1) is 15.3. The molecule has 0 amide bonds. The van der Waals surface area contributed by atoms with Crippen LogP contribution in [0.2, 0.25) is 0 Å². The van der Waals surface area contributed by atoms with Gasteiger partial charge >= 0.3 is 0 Å². The summed E-state index contributed by atoms with van der Waals surface area (Å²) in [6.07, 6.45) is 7.72. The molecule has 1 aromatic carbocycles. The molecule has 19 heavy (non-hydrogen) atoms. The average Bonchev–Trinajstić information content (AvgIpc) is 2.91. The second-order valence-electron chi connectivity index (χ2n) is 5.42. The molecule has 0 N–H and O–H groups in total. The second-order valence-corrected chi connectivity index (χ2v) is 6.64. The van der Waals surface area contributed by atoms with Crippen LogP contribution >= 0.6 is 27.5 Å². The van der Waals surface area contributed by atoms with Crippen LogP contribution in [0.1, 0.15) is 37.7 Å². The molecule has 2 atom stereocenters. The molecule has 2 unspecified atom stereocenters. The lowest BCUT2D eigenvalue weighted by Gasteiger charge is -2.15. The minimum absolute atomic E-state index is 0.516. The molecule has 2 rings (SSSR count). The standard InChI is InChI=1S/C16H22BrClO/c17-15-6-1-4-13(11-15)10-14(12-18)5-2-7-16-8-3-9-19-16/h1,4,6,11,14,16H,2-3,5,7-10,12H2. The van der Waals surface area contributed by atoms with Crippen LogP contribution in [-0.4, -0.2) is 18.6 Å². The van der Waals surface area contributed by atoms with Gasteiger partial charge in [0.2, 0.25) is 0 Å². The van der Waals surface area contributed by atoms with E-state index in [1.165, 1.54) is 37.7 Å². The van der Waals surface area contributed by atoms with Gasteiger partial charge in [-0.15, -0.1) is 11.6 Å². The summed E-state index contributed by atoms with van der Waals surface area (Å²) in [6.45, 7) is 0.960. The van der Waals surface area contributed by atoms with Gasteiger partial charge in [-0.25, -0.2) is 0 Å². The number of ether oxygens (including phenoxy) is 1. The van der Waals surface area contributed by atoms with Gasteiger partial charge in [0.1, 0.15) is 0 Å². The lowest BCUT2D eigenvalue weighted by molar-refractivity contribution is 0.101. The zero-order chi connectivity index (χ0) is 13.5. The summed E-state index contributed by atoms with van der Waals surface area (Å²) in [5, 5.41) is 0. The maximum atomic E-state index is 6.11. The van der Waals surface area contributed by atoms with Gasteiger partial charge in [0.05, 0.1) is 6.10 Å². The summed E-state index contributed by atoms with van der Waals surface area (Å²) in [4.78, 5) is 0. The van der Waals surface area contributed by atoms with Crippen LogP contribution in [0.4, 0.5) is 0 Å². The minimum atomic E-state index is 0.516. The van der Waals surface area contributed by atoms with Crippen LogP contribution in [0.15, 0.2) is 28.7 Å². The van der Waals surface area contributed by atoms with Gasteiger partial charge < -0.3 is 4.74 Å². The first-order chi connectivity index (χ1) is 9.28. The maximum absolute atomic E-state index is 6.11. The van der Waals surface area contributed by atoms with Crippen molar-refractivity contribution in [3.05, 3.63) is 34.3 Å². The molecule has 3 heteroatoms. The van der Waals surface area contributed by atoms with E-state index in [2.05, 4.69) is 40.2 Å². The predicted octanol–water partition coefficient (Wildman–Crippen LogP) is 5.20. The zero-order valence-electron chi connectivity index (χ0n) is 11.3. The normalized spacial score (nSPS) is 20.6. The number of alkyl halides is 1. The highest BCUT2D eigenvalue weighted by Crippen LogP contribution is 2.23.